The van der Waals surface area contributed by atoms with Crippen LogP contribution in [-0.4, -0.2) is 166 Å². The number of nitrogens with zero attached hydrogens (tertiary/aromatic N) is 4. The van der Waals surface area contributed by atoms with Gasteiger partial charge < -0.3 is 46.6 Å². The summed E-state index contributed by atoms with van der Waals surface area (Å²) in [6.07, 6.45) is 5.18. The van der Waals surface area contributed by atoms with Crippen LogP contribution in [0.2, 0.25) is 0 Å². The van der Waals surface area contributed by atoms with Gasteiger partial charge in [-0.1, -0.05) is 76.2 Å². The van der Waals surface area contributed by atoms with Crippen LogP contribution < -0.4 is 31.9 Å². The summed E-state index contributed by atoms with van der Waals surface area (Å²) in [4.78, 5) is 108. The van der Waals surface area contributed by atoms with E-state index in [1.54, 1.807) is 37.7 Å². The molecule has 19 heteroatoms. The van der Waals surface area contributed by atoms with Crippen LogP contribution in [0.25, 0.3) is 0 Å². The van der Waals surface area contributed by atoms with Gasteiger partial charge in [0, 0.05) is 38.8 Å². The van der Waals surface area contributed by atoms with E-state index in [4.69, 9.17) is 0 Å². The summed E-state index contributed by atoms with van der Waals surface area (Å²) in [7, 11) is 3.47. The largest absolute Gasteiger partial charge is 0.351 e. The third-order valence-electron chi connectivity index (χ3n) is 17.6. The van der Waals surface area contributed by atoms with Crippen molar-refractivity contribution in [1.29, 1.82) is 0 Å². The summed E-state index contributed by atoms with van der Waals surface area (Å²) in [5.74, 6) is -0.669. The standard InChI is InChI=1S/C56H80N10O7S2/c1-32(57-7)48(67)59-36-21-27-74-42-29-55(3,4)46(65(42)31-36)50(69)61-44-37-15-11-9-13-34(37)17-19-39(44)52(71)63-23-25-64(26-24-63)53(72)40-20-18-35-14-10-12-16-38(35)45(40)62-51(70)47-56(5,6)30-43-66(47)54(73)41(22-28-75-43)60-49(68)33(2)58-8/h9-16,32-33,36,39-47,57-58H,17-31H2,1-8H3,(H,59,67)(H,60,68)(H,61,69)(H,62,70)/t32-,33-,36-,39+,40+,41-,42-,43-,44+,45+,46+,47+/m0/s1. The monoisotopic (exact) mass is 1070 g/mol. The number of hydrogen-bond acceptors (Lipinski definition) is 12. The van der Waals surface area contributed by atoms with Gasteiger partial charge in [-0.25, -0.2) is 0 Å². The molecule has 408 valence electrons. The number of thioether (sulfide) groups is 2. The number of hydrogen-bond donors (Lipinski definition) is 6. The molecule has 0 aromatic heterocycles. The first-order valence-corrected chi connectivity index (χ1v) is 29.5. The fraction of sp³-hybridized carbons (Fsp3) is 0.661. The third kappa shape index (κ3) is 11.2. The van der Waals surface area contributed by atoms with Crippen molar-refractivity contribution in [3.05, 3.63) is 70.8 Å². The predicted octanol–water partition coefficient (Wildman–Crippen LogP) is 3.34. The molecule has 5 saturated heterocycles. The number of rotatable bonds is 12. The molecule has 5 heterocycles. The number of aryl methyl sites for hydroxylation is 2. The number of carbonyl (C=O) groups excluding carboxylic acids is 7. The summed E-state index contributed by atoms with van der Waals surface area (Å²) < 4.78 is 0. The Hall–Kier alpha value is -4.69. The van der Waals surface area contributed by atoms with E-state index in [2.05, 4.69) is 56.7 Å². The second-order valence-corrected chi connectivity index (χ2v) is 26.0. The molecule has 17 nitrogen and oxygen atoms in total. The van der Waals surface area contributed by atoms with E-state index < -0.39 is 53.5 Å². The average Bonchev–Trinajstić information content (AvgIpc) is 3.66. The molecular weight excluding hydrogens is 989 g/mol. The van der Waals surface area contributed by atoms with Gasteiger partial charge in [-0.15, -0.1) is 23.5 Å². The van der Waals surface area contributed by atoms with Crippen molar-refractivity contribution in [2.45, 2.75) is 152 Å². The maximum atomic E-state index is 15.0. The van der Waals surface area contributed by atoms with Crippen LogP contribution in [0.1, 0.15) is 114 Å². The molecule has 0 saturated carbocycles. The summed E-state index contributed by atoms with van der Waals surface area (Å²) in [6, 6.07) is 11.9. The van der Waals surface area contributed by atoms with Gasteiger partial charge in [0.1, 0.15) is 12.1 Å². The zero-order valence-corrected chi connectivity index (χ0v) is 46.7. The molecule has 7 aliphatic rings. The van der Waals surface area contributed by atoms with Crippen molar-refractivity contribution in [1.82, 2.24) is 51.5 Å². The highest BCUT2D eigenvalue weighted by molar-refractivity contribution is 8.00. The average molecular weight is 1070 g/mol. The van der Waals surface area contributed by atoms with Crippen molar-refractivity contribution in [2.75, 3.05) is 58.3 Å². The minimum Gasteiger partial charge on any atom is -0.351 e. The number of carbonyl (C=O) groups is 7. The Balaban J connectivity index is 0.890. The Kier molecular flexibility index (Phi) is 16.7. The molecule has 12 atom stereocenters. The highest BCUT2D eigenvalue weighted by Gasteiger charge is 2.56. The van der Waals surface area contributed by atoms with Gasteiger partial charge in [-0.2, -0.15) is 0 Å². The Morgan fingerprint density at radius 1 is 0.600 bits per heavy atom. The molecule has 5 fully saturated rings. The van der Waals surface area contributed by atoms with Crippen LogP contribution in [0.4, 0.5) is 0 Å². The van der Waals surface area contributed by atoms with E-state index in [0.29, 0.717) is 77.0 Å². The maximum absolute atomic E-state index is 15.0. The van der Waals surface area contributed by atoms with E-state index in [1.165, 1.54) is 0 Å². The smallest absolute Gasteiger partial charge is 0.246 e. The Labute approximate surface area is 451 Å². The fourth-order valence-electron chi connectivity index (χ4n) is 13.2. The van der Waals surface area contributed by atoms with Gasteiger partial charge >= 0.3 is 0 Å². The summed E-state index contributed by atoms with van der Waals surface area (Å²) in [5, 5.41) is 18.9. The minimum absolute atomic E-state index is 0.0361. The summed E-state index contributed by atoms with van der Waals surface area (Å²) >= 11 is 3.49. The Morgan fingerprint density at radius 3 is 1.61 bits per heavy atom. The number of amides is 7. The van der Waals surface area contributed by atoms with Crippen molar-refractivity contribution >= 4 is 64.9 Å². The van der Waals surface area contributed by atoms with Crippen LogP contribution in [0.3, 0.4) is 0 Å². The molecule has 2 aromatic carbocycles. The zero-order chi connectivity index (χ0) is 53.5. The van der Waals surface area contributed by atoms with Crippen molar-refractivity contribution in [3.8, 4) is 0 Å². The van der Waals surface area contributed by atoms with Gasteiger partial charge in [-0.3, -0.25) is 38.5 Å². The lowest BCUT2D eigenvalue weighted by atomic mass is 9.77. The van der Waals surface area contributed by atoms with Crippen LogP contribution in [-0.2, 0) is 46.4 Å². The molecule has 7 amide bonds. The number of piperazine rings is 1. The number of nitrogens with one attached hydrogen (secondary N) is 6. The van der Waals surface area contributed by atoms with E-state index in [0.717, 1.165) is 40.8 Å². The fourth-order valence-corrected chi connectivity index (χ4v) is 16.4. The molecule has 0 bridgehead atoms. The van der Waals surface area contributed by atoms with Crippen LogP contribution in [0, 0.1) is 22.7 Å². The second kappa shape index (κ2) is 22.7. The first-order valence-electron chi connectivity index (χ1n) is 27.4. The van der Waals surface area contributed by atoms with E-state index in [1.807, 2.05) is 84.8 Å². The quantitative estimate of drug-likeness (QED) is 0.181. The molecular formula is C56H80N10O7S2. The number of likely N-dealkylation sites (N-methyl/N-ethyl adjacent to an activating group) is 2. The van der Waals surface area contributed by atoms with Gasteiger partial charge in [0.2, 0.25) is 41.4 Å². The normalized spacial score (nSPS) is 31.0. The maximum Gasteiger partial charge on any atom is 0.246 e. The SMILES string of the molecule is CN[C@@H](C)C(=O)N[C@H]1CCS[C@H]2CC(C)(C)[C@@H](C(=O)N[C@@H]3c4ccccc4CC[C@H]3C(=O)N3CCN(C(=O)[C@@H]4CCc5ccccc5[C@H]4NC(=O)[C@H]4N5C(=O)[C@@H](NC(=O)[C@H](C)NC)CCS[C@H]5CC4(C)C)CC3)N2C1. The molecule has 5 aliphatic heterocycles. The molecule has 9 rings (SSSR count). The third-order valence-corrected chi connectivity index (χ3v) is 20.2. The molecule has 6 N–H and O–H groups in total. The lowest BCUT2D eigenvalue weighted by Crippen LogP contribution is -2.59. The van der Waals surface area contributed by atoms with Gasteiger partial charge in [-0.05, 0) is 124 Å². The Morgan fingerprint density at radius 2 is 1.07 bits per heavy atom. The molecule has 2 aromatic rings. The van der Waals surface area contributed by atoms with Crippen LogP contribution in [0.15, 0.2) is 48.5 Å². The van der Waals surface area contributed by atoms with Crippen molar-refractivity contribution in [3.63, 3.8) is 0 Å². The number of fused-ring (bicyclic) bond motifs is 4. The molecule has 0 unspecified atom stereocenters. The van der Waals surface area contributed by atoms with E-state index in [9.17, 15) is 33.6 Å². The lowest BCUT2D eigenvalue weighted by molar-refractivity contribution is -0.147. The number of benzene rings is 2. The van der Waals surface area contributed by atoms with Crippen molar-refractivity contribution in [2.24, 2.45) is 22.7 Å². The highest BCUT2D eigenvalue weighted by Crippen LogP contribution is 2.49. The van der Waals surface area contributed by atoms with Crippen LogP contribution in [0.5, 0.6) is 0 Å². The minimum atomic E-state index is -0.824. The highest BCUT2D eigenvalue weighted by atomic mass is 32.2. The predicted molar refractivity (Wildman–Crippen MR) is 292 cm³/mol. The molecule has 0 spiro atoms. The topological polar surface area (TPSA) is 205 Å². The van der Waals surface area contributed by atoms with Gasteiger partial charge in [0.15, 0.2) is 0 Å². The zero-order valence-electron chi connectivity index (χ0n) is 45.1. The molecule has 75 heavy (non-hydrogen) atoms. The first kappa shape index (κ1) is 55.1. The van der Waals surface area contributed by atoms with Gasteiger partial charge in [0.05, 0.1) is 52.8 Å². The molecule has 0 radical (unpaired) electrons. The van der Waals surface area contributed by atoms with E-state index in [-0.39, 0.29) is 69.6 Å². The Bertz CT molecular complexity index is 2500. The van der Waals surface area contributed by atoms with E-state index >= 15 is 0 Å². The first-order chi connectivity index (χ1) is 35.8. The van der Waals surface area contributed by atoms with Crippen molar-refractivity contribution < 1.29 is 33.6 Å². The van der Waals surface area contributed by atoms with Crippen LogP contribution >= 0.6 is 23.5 Å². The van der Waals surface area contributed by atoms with Gasteiger partial charge in [0.25, 0.3) is 0 Å². The summed E-state index contributed by atoms with van der Waals surface area (Å²) in [5.41, 5.74) is 3.09. The summed E-state index contributed by atoms with van der Waals surface area (Å²) in [6.45, 7) is 13.8. The lowest BCUT2D eigenvalue weighted by Gasteiger charge is -2.43. The molecule has 2 aliphatic carbocycles. The second-order valence-electron chi connectivity index (χ2n) is 23.5.